The Labute approximate surface area is 176 Å². The summed E-state index contributed by atoms with van der Waals surface area (Å²) in [7, 11) is 0. The minimum Gasteiger partial charge on any atom is -0.488 e. The molecule has 0 aliphatic carbocycles. The standard InChI is InChI=1S/C21H16FN5O2S/c22-17-8-14(3-4-18(17)29-7-6-28)19-15(9-23)20(25)27-21(16(19)10-24)30-12-13-2-1-5-26-11-13/h1-5,8,11,28H,6-7,12H2,(H2,25,27). The maximum Gasteiger partial charge on any atom is 0.165 e. The zero-order valence-electron chi connectivity index (χ0n) is 15.7. The third-order valence-electron chi connectivity index (χ3n) is 4.08. The molecule has 2 aromatic heterocycles. The predicted octanol–water partition coefficient (Wildman–Crippen LogP) is 3.27. The summed E-state index contributed by atoms with van der Waals surface area (Å²) in [5.74, 6) is -0.282. The number of nitrogens with zero attached hydrogens (tertiary/aromatic N) is 4. The number of hydrogen-bond acceptors (Lipinski definition) is 8. The van der Waals surface area contributed by atoms with Gasteiger partial charge in [-0.05, 0) is 29.3 Å². The van der Waals surface area contributed by atoms with Crippen LogP contribution in [0.25, 0.3) is 11.1 Å². The van der Waals surface area contributed by atoms with Crippen LogP contribution in [0.4, 0.5) is 10.2 Å². The molecule has 0 spiro atoms. The van der Waals surface area contributed by atoms with Crippen molar-refractivity contribution in [2.45, 2.75) is 10.8 Å². The van der Waals surface area contributed by atoms with Gasteiger partial charge in [-0.2, -0.15) is 10.5 Å². The first kappa shape index (κ1) is 21.1. The van der Waals surface area contributed by atoms with Gasteiger partial charge in [-0.15, -0.1) is 11.8 Å². The van der Waals surface area contributed by atoms with E-state index in [2.05, 4.69) is 16.0 Å². The van der Waals surface area contributed by atoms with Crippen molar-refractivity contribution in [3.63, 3.8) is 0 Å². The summed E-state index contributed by atoms with van der Waals surface area (Å²) in [5, 5.41) is 28.6. The van der Waals surface area contributed by atoms with Crippen LogP contribution in [-0.2, 0) is 5.75 Å². The number of hydrogen-bond donors (Lipinski definition) is 2. The van der Waals surface area contributed by atoms with Gasteiger partial charge in [-0.1, -0.05) is 12.1 Å². The van der Waals surface area contributed by atoms with Crippen molar-refractivity contribution in [1.29, 1.82) is 10.5 Å². The van der Waals surface area contributed by atoms with Crippen LogP contribution in [-0.4, -0.2) is 28.3 Å². The second kappa shape index (κ2) is 9.70. The molecule has 0 unspecified atom stereocenters. The highest BCUT2D eigenvalue weighted by Gasteiger charge is 2.21. The fourth-order valence-electron chi connectivity index (χ4n) is 2.76. The summed E-state index contributed by atoms with van der Waals surface area (Å²) < 4.78 is 19.6. The van der Waals surface area contributed by atoms with E-state index in [1.165, 1.54) is 30.0 Å². The summed E-state index contributed by atoms with van der Waals surface area (Å²) in [4.78, 5) is 8.28. The quantitative estimate of drug-likeness (QED) is 0.556. The number of aromatic nitrogens is 2. The summed E-state index contributed by atoms with van der Waals surface area (Å²) in [6.45, 7) is -0.308. The van der Waals surface area contributed by atoms with Crippen LogP contribution >= 0.6 is 11.8 Å². The minimum atomic E-state index is -0.686. The summed E-state index contributed by atoms with van der Waals surface area (Å²) >= 11 is 1.28. The zero-order valence-corrected chi connectivity index (χ0v) is 16.5. The monoisotopic (exact) mass is 421 g/mol. The normalized spacial score (nSPS) is 10.3. The SMILES string of the molecule is N#Cc1c(N)nc(SCc2cccnc2)c(C#N)c1-c1ccc(OCCO)c(F)c1. The molecule has 3 aromatic rings. The van der Waals surface area contributed by atoms with Gasteiger partial charge in [-0.25, -0.2) is 9.37 Å². The Hall–Kier alpha value is -3.66. The maximum absolute atomic E-state index is 14.5. The van der Waals surface area contributed by atoms with E-state index in [-0.39, 0.29) is 41.5 Å². The van der Waals surface area contributed by atoms with E-state index in [0.717, 1.165) is 5.56 Å². The third-order valence-corrected chi connectivity index (χ3v) is 5.13. The Morgan fingerprint density at radius 2 is 2.00 bits per heavy atom. The fourth-order valence-corrected chi connectivity index (χ4v) is 3.68. The van der Waals surface area contributed by atoms with Crippen LogP contribution in [0.5, 0.6) is 5.75 Å². The molecule has 3 rings (SSSR count). The van der Waals surface area contributed by atoms with Crippen molar-refractivity contribution in [2.24, 2.45) is 0 Å². The highest BCUT2D eigenvalue weighted by Crippen LogP contribution is 2.37. The molecule has 9 heteroatoms. The first-order valence-corrected chi connectivity index (χ1v) is 9.76. The van der Waals surface area contributed by atoms with Crippen LogP contribution < -0.4 is 10.5 Å². The zero-order chi connectivity index (χ0) is 21.5. The van der Waals surface area contributed by atoms with E-state index >= 15 is 0 Å². The van der Waals surface area contributed by atoms with Gasteiger partial charge in [0.05, 0.1) is 12.2 Å². The smallest absolute Gasteiger partial charge is 0.165 e. The van der Waals surface area contributed by atoms with Crippen LogP contribution in [0.1, 0.15) is 16.7 Å². The lowest BCUT2D eigenvalue weighted by molar-refractivity contribution is 0.196. The number of aliphatic hydroxyl groups excluding tert-OH is 1. The van der Waals surface area contributed by atoms with Crippen molar-refractivity contribution in [3.05, 3.63) is 65.2 Å². The van der Waals surface area contributed by atoms with Crippen LogP contribution in [0.3, 0.4) is 0 Å². The maximum atomic E-state index is 14.5. The van der Waals surface area contributed by atoms with Crippen molar-refractivity contribution in [2.75, 3.05) is 18.9 Å². The van der Waals surface area contributed by atoms with Gasteiger partial charge in [0.15, 0.2) is 11.6 Å². The number of pyridine rings is 2. The molecule has 0 fully saturated rings. The average molecular weight is 421 g/mol. The Balaban J connectivity index is 2.07. The van der Waals surface area contributed by atoms with Crippen LogP contribution in [0.2, 0.25) is 0 Å². The molecule has 0 aliphatic rings. The molecule has 150 valence electrons. The molecule has 0 radical (unpaired) electrons. The highest BCUT2D eigenvalue weighted by molar-refractivity contribution is 7.98. The first-order valence-electron chi connectivity index (χ1n) is 8.78. The summed E-state index contributed by atoms with van der Waals surface area (Å²) in [6.07, 6.45) is 3.36. The first-order chi connectivity index (χ1) is 14.6. The summed E-state index contributed by atoms with van der Waals surface area (Å²) in [5.41, 5.74) is 7.56. The number of benzene rings is 1. The largest absolute Gasteiger partial charge is 0.488 e. The number of nitrogen functional groups attached to an aromatic ring is 1. The molecule has 3 N–H and O–H groups in total. The Bertz CT molecular complexity index is 1140. The van der Waals surface area contributed by atoms with Crippen LogP contribution in [0.15, 0.2) is 47.8 Å². The van der Waals surface area contributed by atoms with Gasteiger partial charge in [0.25, 0.3) is 0 Å². The second-order valence-corrected chi connectivity index (χ2v) is 6.98. The molecule has 0 saturated carbocycles. The molecule has 0 bridgehead atoms. The molecule has 0 atom stereocenters. The number of ether oxygens (including phenoxy) is 1. The van der Waals surface area contributed by atoms with Gasteiger partial charge in [-0.3, -0.25) is 4.98 Å². The van der Waals surface area contributed by atoms with Gasteiger partial charge in [0.1, 0.15) is 35.2 Å². The lowest BCUT2D eigenvalue weighted by atomic mass is 9.96. The Morgan fingerprint density at radius 3 is 2.63 bits per heavy atom. The highest BCUT2D eigenvalue weighted by atomic mass is 32.2. The lowest BCUT2D eigenvalue weighted by Gasteiger charge is -2.14. The van der Waals surface area contributed by atoms with Crippen molar-refractivity contribution in [1.82, 2.24) is 9.97 Å². The van der Waals surface area contributed by atoms with Crippen molar-refractivity contribution in [3.8, 4) is 29.0 Å². The third kappa shape index (κ3) is 4.49. The number of aliphatic hydroxyl groups is 1. The number of nitrogens with two attached hydrogens (primary N) is 1. The second-order valence-electron chi connectivity index (χ2n) is 6.02. The molecule has 0 amide bonds. The van der Waals surface area contributed by atoms with E-state index in [1.54, 1.807) is 18.5 Å². The number of nitriles is 2. The average Bonchev–Trinajstić information content (AvgIpc) is 2.77. The van der Waals surface area contributed by atoms with Crippen LogP contribution in [0, 0.1) is 28.5 Å². The minimum absolute atomic E-state index is 0.000652. The molecule has 7 nitrogen and oxygen atoms in total. The number of rotatable bonds is 7. The van der Waals surface area contributed by atoms with Crippen molar-refractivity contribution < 1.29 is 14.2 Å². The molecular weight excluding hydrogens is 405 g/mol. The molecule has 1 aromatic carbocycles. The van der Waals surface area contributed by atoms with E-state index < -0.39 is 5.82 Å². The Kier molecular flexibility index (Phi) is 6.81. The molecule has 2 heterocycles. The number of halogens is 1. The predicted molar refractivity (Wildman–Crippen MR) is 110 cm³/mol. The lowest BCUT2D eigenvalue weighted by Crippen LogP contribution is -2.05. The molecule has 0 aliphatic heterocycles. The summed E-state index contributed by atoms with van der Waals surface area (Å²) in [6, 6.07) is 11.8. The molecule has 30 heavy (non-hydrogen) atoms. The van der Waals surface area contributed by atoms with Gasteiger partial charge in [0, 0.05) is 23.7 Å². The van der Waals surface area contributed by atoms with Gasteiger partial charge < -0.3 is 15.6 Å². The number of anilines is 1. The van der Waals surface area contributed by atoms with Crippen molar-refractivity contribution >= 4 is 17.6 Å². The fraction of sp³-hybridized carbons (Fsp3) is 0.143. The topological polar surface area (TPSA) is 129 Å². The molecular formula is C21H16FN5O2S. The number of thioether (sulfide) groups is 1. The Morgan fingerprint density at radius 1 is 1.20 bits per heavy atom. The molecule has 0 saturated heterocycles. The van der Waals surface area contributed by atoms with E-state index in [4.69, 9.17) is 15.6 Å². The van der Waals surface area contributed by atoms with E-state index in [9.17, 15) is 14.9 Å². The van der Waals surface area contributed by atoms with E-state index in [0.29, 0.717) is 16.3 Å². The van der Waals surface area contributed by atoms with Gasteiger partial charge >= 0.3 is 0 Å². The van der Waals surface area contributed by atoms with E-state index in [1.807, 2.05) is 12.1 Å². The van der Waals surface area contributed by atoms with Gasteiger partial charge in [0.2, 0.25) is 0 Å².